The number of carbonyl (C=O) groups excluding carboxylic acids is 3. The van der Waals surface area contributed by atoms with Gasteiger partial charge < -0.3 is 0 Å². The Labute approximate surface area is 115 Å². The van der Waals surface area contributed by atoms with Crippen LogP contribution >= 0.6 is 0 Å². The second-order valence-electron chi connectivity index (χ2n) is 4.61. The maximum absolute atomic E-state index is 12.2. The van der Waals surface area contributed by atoms with Crippen molar-refractivity contribution in [2.75, 3.05) is 0 Å². The molecule has 0 spiro atoms. The van der Waals surface area contributed by atoms with E-state index in [1.807, 2.05) is 24.3 Å². The number of fused-ring (bicyclic) bond motifs is 3. The lowest BCUT2D eigenvalue weighted by Gasteiger charge is -2.18. The van der Waals surface area contributed by atoms with Crippen molar-refractivity contribution in [2.24, 2.45) is 0 Å². The summed E-state index contributed by atoms with van der Waals surface area (Å²) in [5.74, 6) is 0.739. The second kappa shape index (κ2) is 4.72. The molecule has 20 heavy (non-hydrogen) atoms. The molecule has 0 heterocycles. The van der Waals surface area contributed by atoms with Crippen LogP contribution < -0.4 is 0 Å². The Kier molecular flexibility index (Phi) is 2.90. The largest absolute Gasteiger partial charge is 0.285 e. The van der Waals surface area contributed by atoms with Gasteiger partial charge in [0, 0.05) is 23.6 Å². The summed E-state index contributed by atoms with van der Waals surface area (Å²) in [6.45, 7) is 0. The predicted molar refractivity (Wildman–Crippen MR) is 74.5 cm³/mol. The van der Waals surface area contributed by atoms with E-state index in [1.54, 1.807) is 24.1 Å². The van der Waals surface area contributed by atoms with Crippen molar-refractivity contribution in [1.29, 1.82) is 0 Å². The summed E-state index contributed by atoms with van der Waals surface area (Å²) in [7, 11) is 0. The number of benzene rings is 2. The summed E-state index contributed by atoms with van der Waals surface area (Å²) >= 11 is 0. The van der Waals surface area contributed by atoms with Crippen LogP contribution in [-0.2, 0) is 11.2 Å². The fourth-order valence-electron chi connectivity index (χ4n) is 2.46. The van der Waals surface area contributed by atoms with Gasteiger partial charge in [0.25, 0.3) is 0 Å². The van der Waals surface area contributed by atoms with Crippen LogP contribution in [0.1, 0.15) is 26.3 Å². The number of carbonyl (C=O) groups is 2. The van der Waals surface area contributed by atoms with Gasteiger partial charge in [-0.2, -0.15) is 0 Å². The van der Waals surface area contributed by atoms with Gasteiger partial charge in [-0.25, -0.2) is 4.79 Å². The van der Waals surface area contributed by atoms with Crippen LogP contribution in [-0.4, -0.2) is 17.5 Å². The molecular formula is C17H10O3. The average Bonchev–Trinajstić information content (AvgIpc) is 2.50. The van der Waals surface area contributed by atoms with E-state index in [1.165, 1.54) is 6.08 Å². The highest BCUT2D eigenvalue weighted by Crippen LogP contribution is 2.33. The zero-order valence-electron chi connectivity index (χ0n) is 10.6. The molecule has 1 aliphatic carbocycles. The Morgan fingerprint density at radius 1 is 0.850 bits per heavy atom. The summed E-state index contributed by atoms with van der Waals surface area (Å²) in [6, 6.07) is 12.5. The van der Waals surface area contributed by atoms with Gasteiger partial charge >= 0.3 is 0 Å². The lowest BCUT2D eigenvalue weighted by Crippen LogP contribution is -2.21. The Morgan fingerprint density at radius 2 is 1.50 bits per heavy atom. The topological polar surface area (TPSA) is 51.2 Å². The van der Waals surface area contributed by atoms with Gasteiger partial charge in [0.2, 0.25) is 11.6 Å². The summed E-state index contributed by atoms with van der Waals surface area (Å²) in [6.07, 6.45) is 1.75. The Hall–Kier alpha value is -2.77. The Bertz CT molecular complexity index is 781. The molecule has 3 heteroatoms. The fourth-order valence-corrected chi connectivity index (χ4v) is 2.46. The molecule has 3 nitrogen and oxygen atoms in total. The first-order valence-corrected chi connectivity index (χ1v) is 6.23. The number of allylic oxidation sites excluding steroid dienone is 1. The van der Waals surface area contributed by atoms with Gasteiger partial charge in [0.1, 0.15) is 5.94 Å². The third kappa shape index (κ3) is 1.81. The quantitative estimate of drug-likeness (QED) is 0.617. The van der Waals surface area contributed by atoms with Crippen LogP contribution in [0.25, 0.3) is 11.1 Å². The maximum atomic E-state index is 12.2. The van der Waals surface area contributed by atoms with E-state index in [-0.39, 0.29) is 0 Å². The van der Waals surface area contributed by atoms with Crippen LogP contribution in [0, 0.1) is 0 Å². The Balaban J connectivity index is 2.20. The molecule has 0 aliphatic heterocycles. The van der Waals surface area contributed by atoms with Crippen LogP contribution in [0.2, 0.25) is 0 Å². The molecule has 0 bridgehead atoms. The van der Waals surface area contributed by atoms with E-state index in [4.69, 9.17) is 0 Å². The van der Waals surface area contributed by atoms with Crippen LogP contribution in [0.15, 0.2) is 48.5 Å². The van der Waals surface area contributed by atoms with E-state index in [0.717, 1.165) is 16.7 Å². The Morgan fingerprint density at radius 3 is 2.25 bits per heavy atom. The number of hydrogen-bond donors (Lipinski definition) is 0. The molecule has 0 saturated carbocycles. The highest BCUT2D eigenvalue weighted by molar-refractivity contribution is 6.53. The van der Waals surface area contributed by atoms with Gasteiger partial charge in [-0.15, -0.1) is 0 Å². The lowest BCUT2D eigenvalue weighted by atomic mass is 9.83. The van der Waals surface area contributed by atoms with Gasteiger partial charge in [-0.1, -0.05) is 36.4 Å². The molecule has 0 atom stereocenters. The van der Waals surface area contributed by atoms with Gasteiger partial charge in [0.05, 0.1) is 0 Å². The van der Waals surface area contributed by atoms with E-state index in [2.05, 4.69) is 0 Å². The normalized spacial score (nSPS) is 12.4. The number of rotatable bonds is 2. The molecule has 0 N–H and O–H groups in total. The highest BCUT2D eigenvalue weighted by Gasteiger charge is 2.29. The minimum absolute atomic E-state index is 0.403. The lowest BCUT2D eigenvalue weighted by molar-refractivity contribution is 0.0815. The predicted octanol–water partition coefficient (Wildman–Crippen LogP) is 2.66. The van der Waals surface area contributed by atoms with E-state index in [9.17, 15) is 14.4 Å². The van der Waals surface area contributed by atoms with Crippen molar-refractivity contribution in [1.82, 2.24) is 0 Å². The third-order valence-electron chi connectivity index (χ3n) is 3.42. The van der Waals surface area contributed by atoms with Crippen molar-refractivity contribution in [3.63, 3.8) is 0 Å². The monoisotopic (exact) mass is 262 g/mol. The smallest absolute Gasteiger partial charge is 0.234 e. The maximum Gasteiger partial charge on any atom is 0.234 e. The van der Waals surface area contributed by atoms with Crippen molar-refractivity contribution >= 4 is 17.5 Å². The van der Waals surface area contributed by atoms with Crippen LogP contribution in [0.4, 0.5) is 0 Å². The van der Waals surface area contributed by atoms with Crippen molar-refractivity contribution in [2.45, 2.75) is 6.42 Å². The minimum Gasteiger partial charge on any atom is -0.285 e. The summed E-state index contributed by atoms with van der Waals surface area (Å²) < 4.78 is 0. The van der Waals surface area contributed by atoms with E-state index >= 15 is 0 Å². The zero-order valence-corrected chi connectivity index (χ0v) is 10.6. The summed E-state index contributed by atoms with van der Waals surface area (Å²) in [5.41, 5.74) is 3.22. The summed E-state index contributed by atoms with van der Waals surface area (Å²) in [4.78, 5) is 34.5. The molecular weight excluding hydrogens is 252 g/mol. The van der Waals surface area contributed by atoms with Gasteiger partial charge in [0.15, 0.2) is 0 Å². The highest BCUT2D eigenvalue weighted by atomic mass is 16.2. The molecule has 96 valence electrons. The van der Waals surface area contributed by atoms with E-state index in [0.29, 0.717) is 17.5 Å². The molecule has 0 aromatic heterocycles. The fraction of sp³-hybridized carbons (Fsp3) is 0.0588. The first-order chi connectivity index (χ1) is 9.72. The van der Waals surface area contributed by atoms with Crippen molar-refractivity contribution in [3.8, 4) is 11.1 Å². The first-order valence-electron chi connectivity index (χ1n) is 6.23. The molecule has 2 aromatic rings. The standard InChI is InChI=1S/C17H10O3/c18-9-3-4-11-7-8-13-12-5-1-2-6-14(12)16(19)17(20)15(13)10-11/h1-3,5-8,10H,4H2. The van der Waals surface area contributed by atoms with Gasteiger partial charge in [-0.3, -0.25) is 9.59 Å². The number of Topliss-reactive ketones (excluding diaryl/α,β-unsaturated/α-hetero) is 2. The molecule has 0 unspecified atom stereocenters. The average molecular weight is 262 g/mol. The third-order valence-corrected chi connectivity index (χ3v) is 3.42. The molecule has 2 aromatic carbocycles. The molecule has 0 saturated heterocycles. The summed E-state index contributed by atoms with van der Waals surface area (Å²) in [5, 5.41) is 0. The number of hydrogen-bond acceptors (Lipinski definition) is 3. The van der Waals surface area contributed by atoms with Gasteiger partial charge in [-0.05, 0) is 22.8 Å². The van der Waals surface area contributed by atoms with Crippen LogP contribution in [0.3, 0.4) is 0 Å². The molecule has 1 aliphatic rings. The first kappa shape index (κ1) is 12.3. The second-order valence-corrected chi connectivity index (χ2v) is 4.61. The SMILES string of the molecule is O=C=CCc1ccc2c(c1)C(=O)C(=O)c1ccccc1-2. The van der Waals surface area contributed by atoms with E-state index < -0.39 is 11.6 Å². The van der Waals surface area contributed by atoms with Crippen molar-refractivity contribution in [3.05, 3.63) is 65.2 Å². The molecule has 0 amide bonds. The van der Waals surface area contributed by atoms with Crippen molar-refractivity contribution < 1.29 is 14.4 Å². The zero-order chi connectivity index (χ0) is 14.1. The molecule has 3 rings (SSSR count). The number of ketones is 2. The minimum atomic E-state index is -0.490. The molecule has 0 radical (unpaired) electrons. The van der Waals surface area contributed by atoms with Crippen LogP contribution in [0.5, 0.6) is 0 Å². The molecule has 0 fully saturated rings.